The van der Waals surface area contributed by atoms with E-state index in [1.807, 2.05) is 13.0 Å². The van der Waals surface area contributed by atoms with Gasteiger partial charge in [-0.1, -0.05) is 11.2 Å². The van der Waals surface area contributed by atoms with Crippen LogP contribution in [0.4, 0.5) is 4.39 Å². The van der Waals surface area contributed by atoms with Crippen molar-refractivity contribution in [2.24, 2.45) is 4.99 Å². The zero-order valence-electron chi connectivity index (χ0n) is 17.0. The maximum absolute atomic E-state index is 13.9. The lowest BCUT2D eigenvalue weighted by Gasteiger charge is -2.36. The first kappa shape index (κ1) is 23.3. The van der Waals surface area contributed by atoms with Crippen LogP contribution < -0.4 is 10.1 Å². The minimum atomic E-state index is -0.322. The average Bonchev–Trinajstić information content (AvgIpc) is 3.11. The molecular weight excluding hydrogens is 490 g/mol. The van der Waals surface area contributed by atoms with Crippen molar-refractivity contribution in [1.82, 2.24) is 25.3 Å². The number of nitrogens with zero attached hydrogens (tertiary/aromatic N) is 5. The number of rotatable bonds is 6. The summed E-state index contributed by atoms with van der Waals surface area (Å²) in [4.78, 5) is 13.3. The molecule has 0 atom stereocenters. The normalized spacial score (nSPS) is 15.2. The van der Waals surface area contributed by atoms with Gasteiger partial charge in [-0.3, -0.25) is 4.90 Å². The number of guanidine groups is 1. The Morgan fingerprint density at radius 3 is 2.66 bits per heavy atom. The summed E-state index contributed by atoms with van der Waals surface area (Å²) in [5, 5.41) is 7.21. The van der Waals surface area contributed by atoms with Crippen LogP contribution in [0.2, 0.25) is 0 Å². The largest absolute Gasteiger partial charge is 0.494 e. The monoisotopic (exact) mass is 518 g/mol. The van der Waals surface area contributed by atoms with Crippen LogP contribution in [-0.2, 0) is 13.1 Å². The van der Waals surface area contributed by atoms with Crippen LogP contribution in [0.5, 0.6) is 5.75 Å². The minimum Gasteiger partial charge on any atom is -0.494 e. The summed E-state index contributed by atoms with van der Waals surface area (Å²) >= 11 is 0. The third-order valence-corrected chi connectivity index (χ3v) is 4.57. The van der Waals surface area contributed by atoms with E-state index in [-0.39, 0.29) is 35.5 Å². The molecule has 1 aromatic heterocycles. The van der Waals surface area contributed by atoms with Gasteiger partial charge in [0.1, 0.15) is 6.54 Å². The first-order valence-electron chi connectivity index (χ1n) is 9.46. The molecular formula is C19H28FIN6O2. The number of aromatic nitrogens is 2. The molecule has 1 fully saturated rings. The van der Waals surface area contributed by atoms with Crippen LogP contribution >= 0.6 is 24.0 Å². The topological polar surface area (TPSA) is 79.0 Å². The Labute approximate surface area is 187 Å². The second-order valence-electron chi connectivity index (χ2n) is 6.63. The van der Waals surface area contributed by atoms with E-state index in [4.69, 9.17) is 9.26 Å². The molecule has 2 heterocycles. The molecule has 1 aliphatic rings. The molecule has 0 bridgehead atoms. The predicted molar refractivity (Wildman–Crippen MR) is 119 cm³/mol. The minimum absolute atomic E-state index is 0. The van der Waals surface area contributed by atoms with E-state index in [1.165, 1.54) is 7.11 Å². The Balaban J connectivity index is 0.00000300. The fourth-order valence-electron chi connectivity index (χ4n) is 3.16. The number of ether oxygens (including phenoxy) is 1. The molecule has 2 aromatic rings. The van der Waals surface area contributed by atoms with E-state index < -0.39 is 0 Å². The molecule has 0 unspecified atom stereocenters. The molecule has 8 nitrogen and oxygen atoms in total. The van der Waals surface area contributed by atoms with Gasteiger partial charge in [0.15, 0.2) is 23.4 Å². The van der Waals surface area contributed by atoms with Gasteiger partial charge >= 0.3 is 0 Å². The van der Waals surface area contributed by atoms with Crippen molar-refractivity contribution in [3.63, 3.8) is 0 Å². The molecule has 160 valence electrons. The summed E-state index contributed by atoms with van der Waals surface area (Å²) in [6.45, 7) is 9.12. The van der Waals surface area contributed by atoms with E-state index in [9.17, 15) is 4.39 Å². The number of benzene rings is 1. The number of aryl methyl sites for hydroxylation is 1. The number of aliphatic imine (C=N–C) groups is 1. The van der Waals surface area contributed by atoms with Gasteiger partial charge in [-0.05, 0) is 24.6 Å². The molecule has 1 aliphatic heterocycles. The summed E-state index contributed by atoms with van der Waals surface area (Å²) in [6, 6.07) is 5.13. The van der Waals surface area contributed by atoms with Crippen LogP contribution in [-0.4, -0.2) is 65.7 Å². The highest BCUT2D eigenvalue weighted by Crippen LogP contribution is 2.19. The number of halogens is 2. The fourth-order valence-corrected chi connectivity index (χ4v) is 3.16. The Hall–Kier alpha value is -1.95. The number of nitrogens with one attached hydrogen (secondary N) is 1. The lowest BCUT2D eigenvalue weighted by atomic mass is 10.2. The Morgan fingerprint density at radius 1 is 1.31 bits per heavy atom. The van der Waals surface area contributed by atoms with Crippen molar-refractivity contribution < 1.29 is 13.7 Å². The maximum Gasteiger partial charge on any atom is 0.223 e. The third kappa shape index (κ3) is 6.53. The molecule has 10 heteroatoms. The van der Waals surface area contributed by atoms with E-state index in [1.54, 1.807) is 19.1 Å². The fraction of sp³-hybridized carbons (Fsp3) is 0.526. The van der Waals surface area contributed by atoms with Gasteiger partial charge < -0.3 is 19.5 Å². The summed E-state index contributed by atoms with van der Waals surface area (Å²) in [6.07, 6.45) is 0. The zero-order chi connectivity index (χ0) is 19.9. The summed E-state index contributed by atoms with van der Waals surface area (Å²) in [7, 11) is 1.47. The van der Waals surface area contributed by atoms with Gasteiger partial charge in [-0.15, -0.1) is 24.0 Å². The van der Waals surface area contributed by atoms with E-state index in [0.717, 1.165) is 44.2 Å². The standard InChI is InChI=1S/C19H27FN6O2.HI/c1-4-21-19(22-12-18-23-14(2)28-24-18)26-9-7-25(8-10-26)13-15-5-6-17(27-3)16(20)11-15;/h5-6,11H,4,7-10,12-13H2,1-3H3,(H,21,22);1H. The lowest BCUT2D eigenvalue weighted by Crippen LogP contribution is -2.52. The summed E-state index contributed by atoms with van der Waals surface area (Å²) in [5.74, 6) is 1.92. The van der Waals surface area contributed by atoms with Crippen molar-refractivity contribution in [2.75, 3.05) is 39.8 Å². The number of hydrogen-bond donors (Lipinski definition) is 1. The van der Waals surface area contributed by atoms with Crippen molar-refractivity contribution in [3.05, 3.63) is 41.3 Å². The number of hydrogen-bond acceptors (Lipinski definition) is 6. The van der Waals surface area contributed by atoms with Crippen molar-refractivity contribution in [2.45, 2.75) is 26.9 Å². The highest BCUT2D eigenvalue weighted by atomic mass is 127. The van der Waals surface area contributed by atoms with Gasteiger partial charge in [0.2, 0.25) is 5.89 Å². The van der Waals surface area contributed by atoms with E-state index in [0.29, 0.717) is 24.8 Å². The zero-order valence-corrected chi connectivity index (χ0v) is 19.4. The van der Waals surface area contributed by atoms with Crippen LogP contribution in [0.1, 0.15) is 24.2 Å². The summed E-state index contributed by atoms with van der Waals surface area (Å²) in [5.41, 5.74) is 0.944. The van der Waals surface area contributed by atoms with Crippen molar-refractivity contribution in [3.8, 4) is 5.75 Å². The highest BCUT2D eigenvalue weighted by Gasteiger charge is 2.20. The molecule has 0 saturated carbocycles. The van der Waals surface area contributed by atoms with Crippen LogP contribution in [0, 0.1) is 12.7 Å². The van der Waals surface area contributed by atoms with Gasteiger partial charge in [-0.2, -0.15) is 4.98 Å². The molecule has 1 aromatic carbocycles. The molecule has 0 amide bonds. The molecule has 0 aliphatic carbocycles. The van der Waals surface area contributed by atoms with Gasteiger partial charge in [0, 0.05) is 46.2 Å². The molecule has 0 radical (unpaired) electrons. The van der Waals surface area contributed by atoms with Crippen LogP contribution in [0.15, 0.2) is 27.7 Å². The first-order chi connectivity index (χ1) is 13.6. The molecule has 0 spiro atoms. The second kappa shape index (κ2) is 11.3. The molecule has 29 heavy (non-hydrogen) atoms. The SMILES string of the molecule is CCNC(=NCc1noc(C)n1)N1CCN(Cc2ccc(OC)c(F)c2)CC1.I. The quantitative estimate of drug-likeness (QED) is 0.358. The van der Waals surface area contributed by atoms with Crippen LogP contribution in [0.3, 0.4) is 0 Å². The van der Waals surface area contributed by atoms with Crippen molar-refractivity contribution >= 4 is 29.9 Å². The van der Waals surface area contributed by atoms with Crippen molar-refractivity contribution in [1.29, 1.82) is 0 Å². The average molecular weight is 518 g/mol. The molecule has 1 N–H and O–H groups in total. The van der Waals surface area contributed by atoms with Gasteiger partial charge in [-0.25, -0.2) is 9.38 Å². The maximum atomic E-state index is 13.9. The van der Waals surface area contributed by atoms with Gasteiger partial charge in [0.25, 0.3) is 0 Å². The number of piperazine rings is 1. The van der Waals surface area contributed by atoms with Gasteiger partial charge in [0.05, 0.1) is 7.11 Å². The van der Waals surface area contributed by atoms with E-state index in [2.05, 4.69) is 30.2 Å². The number of methoxy groups -OCH3 is 1. The Morgan fingerprint density at radius 2 is 2.07 bits per heavy atom. The summed E-state index contributed by atoms with van der Waals surface area (Å²) < 4.78 is 23.9. The molecule has 3 rings (SSSR count). The Kier molecular flexibility index (Phi) is 9.08. The first-order valence-corrected chi connectivity index (χ1v) is 9.46. The molecule has 1 saturated heterocycles. The second-order valence-corrected chi connectivity index (χ2v) is 6.63. The Bertz CT molecular complexity index is 808. The lowest BCUT2D eigenvalue weighted by molar-refractivity contribution is 0.172. The van der Waals surface area contributed by atoms with E-state index >= 15 is 0 Å². The predicted octanol–water partition coefficient (Wildman–Crippen LogP) is 2.43. The van der Waals surface area contributed by atoms with Crippen LogP contribution in [0.25, 0.3) is 0 Å². The third-order valence-electron chi connectivity index (χ3n) is 4.57. The highest BCUT2D eigenvalue weighted by molar-refractivity contribution is 14.0. The smallest absolute Gasteiger partial charge is 0.223 e.